The average Bonchev–Trinajstić information content (AvgIpc) is 3.43. The van der Waals surface area contributed by atoms with Gasteiger partial charge in [-0.15, -0.1) is 10.2 Å². The Morgan fingerprint density at radius 2 is 2.17 bits per heavy atom. The van der Waals surface area contributed by atoms with E-state index in [0.29, 0.717) is 27.8 Å². The second kappa shape index (κ2) is 7.31. The van der Waals surface area contributed by atoms with Gasteiger partial charge in [0.25, 0.3) is 5.91 Å². The van der Waals surface area contributed by atoms with Crippen LogP contribution < -0.4 is 10.1 Å². The second-order valence-electron chi connectivity index (χ2n) is 5.84. The summed E-state index contributed by atoms with van der Waals surface area (Å²) in [7, 11) is 1.47. The van der Waals surface area contributed by atoms with E-state index in [1.54, 1.807) is 16.6 Å². The number of hydrogen-bond acceptors (Lipinski definition) is 9. The van der Waals surface area contributed by atoms with Crippen molar-refractivity contribution in [2.24, 2.45) is 0 Å². The SMILES string of the molecule is CCc1nnc2sc(-c3ccc(OC)c(NC(=O)c4ccc([N+](=O)[O-])o4)c3)nn12. The number of aromatic nitrogens is 4. The summed E-state index contributed by atoms with van der Waals surface area (Å²) in [4.78, 5) is 23.1. The molecule has 1 amide bonds. The molecular weight excluding hydrogens is 400 g/mol. The molecule has 3 aromatic heterocycles. The molecule has 4 aromatic rings. The summed E-state index contributed by atoms with van der Waals surface area (Å²) in [6, 6.07) is 7.56. The predicted octanol–water partition coefficient (Wildman–Crippen LogP) is 3.18. The van der Waals surface area contributed by atoms with Gasteiger partial charge >= 0.3 is 5.88 Å². The van der Waals surface area contributed by atoms with Gasteiger partial charge in [-0.2, -0.15) is 9.61 Å². The number of fused-ring (bicyclic) bond motifs is 1. The molecule has 0 spiro atoms. The van der Waals surface area contributed by atoms with Gasteiger partial charge in [0, 0.05) is 12.0 Å². The van der Waals surface area contributed by atoms with E-state index in [1.165, 1.54) is 24.5 Å². The van der Waals surface area contributed by atoms with Crippen LogP contribution in [-0.2, 0) is 6.42 Å². The van der Waals surface area contributed by atoms with Crippen LogP contribution in [0.1, 0.15) is 23.3 Å². The largest absolute Gasteiger partial charge is 0.495 e. The van der Waals surface area contributed by atoms with Crippen molar-refractivity contribution in [2.45, 2.75) is 13.3 Å². The lowest BCUT2D eigenvalue weighted by molar-refractivity contribution is -0.402. The highest BCUT2D eigenvalue weighted by Gasteiger charge is 2.19. The molecule has 12 heteroatoms. The zero-order valence-corrected chi connectivity index (χ0v) is 16.1. The molecule has 1 N–H and O–H groups in total. The standard InChI is InChI=1S/C17H14N6O5S/c1-3-13-19-20-17-22(13)21-16(29-17)9-4-5-11(27-2)10(8-9)18-15(24)12-6-7-14(28-12)23(25)26/h4-8H,3H2,1-2H3,(H,18,24). The Morgan fingerprint density at radius 1 is 1.34 bits per heavy atom. The third kappa shape index (κ3) is 3.40. The molecule has 0 radical (unpaired) electrons. The Morgan fingerprint density at radius 3 is 2.86 bits per heavy atom. The van der Waals surface area contributed by atoms with Gasteiger partial charge in [0.2, 0.25) is 4.96 Å². The normalized spacial score (nSPS) is 11.0. The molecular formula is C17H14N6O5S. The summed E-state index contributed by atoms with van der Waals surface area (Å²) in [5.41, 5.74) is 1.11. The van der Waals surface area contributed by atoms with E-state index in [9.17, 15) is 14.9 Å². The molecule has 1 aromatic carbocycles. The van der Waals surface area contributed by atoms with Crippen molar-refractivity contribution >= 4 is 33.8 Å². The Bertz CT molecular complexity index is 1230. The van der Waals surface area contributed by atoms with E-state index in [1.807, 2.05) is 13.0 Å². The monoisotopic (exact) mass is 414 g/mol. The van der Waals surface area contributed by atoms with Gasteiger partial charge in [-0.05, 0) is 24.3 Å². The van der Waals surface area contributed by atoms with Gasteiger partial charge in [0.15, 0.2) is 11.6 Å². The number of aryl methyl sites for hydroxylation is 1. The molecule has 29 heavy (non-hydrogen) atoms. The number of methoxy groups -OCH3 is 1. The van der Waals surface area contributed by atoms with E-state index in [0.717, 1.165) is 17.5 Å². The second-order valence-corrected chi connectivity index (χ2v) is 6.79. The first kappa shape index (κ1) is 18.6. The van der Waals surface area contributed by atoms with Gasteiger partial charge < -0.3 is 14.5 Å². The minimum atomic E-state index is -0.712. The number of carbonyl (C=O) groups excluding carboxylic acids is 1. The van der Waals surface area contributed by atoms with E-state index in [-0.39, 0.29) is 5.76 Å². The van der Waals surface area contributed by atoms with Gasteiger partial charge in [0.05, 0.1) is 18.9 Å². The molecule has 148 valence electrons. The molecule has 0 bridgehead atoms. The molecule has 0 fully saturated rings. The lowest BCUT2D eigenvalue weighted by Crippen LogP contribution is -2.11. The van der Waals surface area contributed by atoms with E-state index >= 15 is 0 Å². The average molecular weight is 414 g/mol. The third-order valence-corrected chi connectivity index (χ3v) is 5.01. The van der Waals surface area contributed by atoms with E-state index < -0.39 is 16.7 Å². The summed E-state index contributed by atoms with van der Waals surface area (Å²) in [5, 5.41) is 26.8. The first-order valence-corrected chi connectivity index (χ1v) is 9.27. The highest BCUT2D eigenvalue weighted by molar-refractivity contribution is 7.19. The van der Waals surface area contributed by atoms with Crippen molar-refractivity contribution in [3.8, 4) is 16.3 Å². The van der Waals surface area contributed by atoms with Crippen LogP contribution in [0.2, 0.25) is 0 Å². The number of anilines is 1. The number of nitrogens with zero attached hydrogens (tertiary/aromatic N) is 5. The molecule has 4 rings (SSSR count). The Hall–Kier alpha value is -3.80. The molecule has 0 aliphatic rings. The fourth-order valence-corrected chi connectivity index (χ4v) is 3.52. The zero-order chi connectivity index (χ0) is 20.5. The van der Waals surface area contributed by atoms with Crippen LogP contribution in [0.4, 0.5) is 11.6 Å². The van der Waals surface area contributed by atoms with E-state index in [2.05, 4.69) is 20.6 Å². The molecule has 0 saturated carbocycles. The van der Waals surface area contributed by atoms with Crippen molar-refractivity contribution in [1.29, 1.82) is 0 Å². The maximum absolute atomic E-state index is 12.4. The highest BCUT2D eigenvalue weighted by atomic mass is 32.1. The number of ether oxygens (including phenoxy) is 1. The third-order valence-electron chi connectivity index (χ3n) is 4.06. The van der Waals surface area contributed by atoms with Crippen LogP contribution in [0.25, 0.3) is 15.5 Å². The topological polar surface area (TPSA) is 138 Å². The fraction of sp³-hybridized carbons (Fsp3) is 0.176. The summed E-state index contributed by atoms with van der Waals surface area (Å²) in [6.45, 7) is 1.97. The number of hydrogen-bond donors (Lipinski definition) is 1. The smallest absolute Gasteiger partial charge is 0.433 e. The molecule has 0 aliphatic carbocycles. The van der Waals surface area contributed by atoms with Crippen LogP contribution in [0, 0.1) is 10.1 Å². The lowest BCUT2D eigenvalue weighted by Gasteiger charge is -2.10. The quantitative estimate of drug-likeness (QED) is 0.375. The fourth-order valence-electron chi connectivity index (χ4n) is 2.67. The van der Waals surface area contributed by atoms with Crippen LogP contribution in [-0.4, -0.2) is 37.8 Å². The number of amides is 1. The predicted molar refractivity (Wildman–Crippen MR) is 103 cm³/mol. The molecule has 0 unspecified atom stereocenters. The summed E-state index contributed by atoms with van der Waals surface area (Å²) >= 11 is 1.36. The van der Waals surface area contributed by atoms with Gasteiger partial charge in [-0.3, -0.25) is 14.9 Å². The van der Waals surface area contributed by atoms with Crippen molar-refractivity contribution in [3.05, 3.63) is 52.0 Å². The maximum atomic E-state index is 12.4. The Kier molecular flexibility index (Phi) is 4.68. The number of rotatable bonds is 6. The molecule has 11 nitrogen and oxygen atoms in total. The summed E-state index contributed by atoms with van der Waals surface area (Å²) in [5.74, 6) is -0.165. The maximum Gasteiger partial charge on any atom is 0.433 e. The number of benzene rings is 1. The molecule has 3 heterocycles. The minimum Gasteiger partial charge on any atom is -0.495 e. The van der Waals surface area contributed by atoms with Gasteiger partial charge in [0.1, 0.15) is 15.7 Å². The molecule has 0 saturated heterocycles. The van der Waals surface area contributed by atoms with Crippen molar-refractivity contribution in [3.63, 3.8) is 0 Å². The van der Waals surface area contributed by atoms with Crippen LogP contribution in [0.15, 0.2) is 34.7 Å². The zero-order valence-electron chi connectivity index (χ0n) is 15.3. The first-order valence-electron chi connectivity index (χ1n) is 8.45. The first-order chi connectivity index (χ1) is 14.0. The van der Waals surface area contributed by atoms with Crippen molar-refractivity contribution in [2.75, 3.05) is 12.4 Å². The van der Waals surface area contributed by atoms with Crippen LogP contribution in [0.3, 0.4) is 0 Å². The lowest BCUT2D eigenvalue weighted by atomic mass is 10.2. The highest BCUT2D eigenvalue weighted by Crippen LogP contribution is 2.33. The molecule has 0 aliphatic heterocycles. The number of nitro groups is 1. The summed E-state index contributed by atoms with van der Waals surface area (Å²) < 4.78 is 11.9. The van der Waals surface area contributed by atoms with Crippen LogP contribution in [0.5, 0.6) is 5.75 Å². The van der Waals surface area contributed by atoms with Crippen LogP contribution >= 0.6 is 11.3 Å². The number of nitrogens with one attached hydrogen (secondary N) is 1. The van der Waals surface area contributed by atoms with Crippen molar-refractivity contribution in [1.82, 2.24) is 19.8 Å². The summed E-state index contributed by atoms with van der Waals surface area (Å²) in [6.07, 6.45) is 0.698. The Balaban J connectivity index is 1.66. The van der Waals surface area contributed by atoms with Crippen molar-refractivity contribution < 1.29 is 18.9 Å². The number of furan rings is 1. The van der Waals surface area contributed by atoms with Gasteiger partial charge in [-0.25, -0.2) is 0 Å². The number of carbonyl (C=O) groups is 1. The molecule has 0 atom stereocenters. The minimum absolute atomic E-state index is 0.185. The van der Waals surface area contributed by atoms with Gasteiger partial charge in [-0.1, -0.05) is 18.3 Å². The van der Waals surface area contributed by atoms with E-state index in [4.69, 9.17) is 9.15 Å². The Labute approximate surface area is 167 Å².